The van der Waals surface area contributed by atoms with Gasteiger partial charge in [-0.25, -0.2) is 0 Å². The third-order valence-electron chi connectivity index (χ3n) is 3.83. The molecular weight excluding hydrogens is 262 g/mol. The second-order valence-corrected chi connectivity index (χ2v) is 7.07. The zero-order valence-corrected chi connectivity index (χ0v) is 14.0. The lowest BCUT2D eigenvalue weighted by molar-refractivity contribution is 0.548. The fourth-order valence-electron chi connectivity index (χ4n) is 2.78. The molecule has 1 aromatic carbocycles. The summed E-state index contributed by atoms with van der Waals surface area (Å²) in [5.41, 5.74) is 5.66. The smallest absolute Gasteiger partial charge is 0.0371 e. The summed E-state index contributed by atoms with van der Waals surface area (Å²) in [6.07, 6.45) is 1.07. The molecule has 0 aliphatic rings. The van der Waals surface area contributed by atoms with E-state index in [1.807, 2.05) is 11.3 Å². The molecule has 0 radical (unpaired) electrons. The zero-order chi connectivity index (χ0) is 14.7. The molecule has 0 aliphatic carbocycles. The highest BCUT2D eigenvalue weighted by Crippen LogP contribution is 2.29. The maximum Gasteiger partial charge on any atom is 0.0371 e. The Kier molecular flexibility index (Phi) is 5.00. The van der Waals surface area contributed by atoms with Crippen LogP contribution in [0, 0.1) is 27.7 Å². The molecule has 0 fully saturated rings. The molecule has 1 atom stereocenters. The van der Waals surface area contributed by atoms with E-state index in [1.165, 1.54) is 32.0 Å². The van der Waals surface area contributed by atoms with E-state index in [-0.39, 0.29) is 0 Å². The van der Waals surface area contributed by atoms with Crippen LogP contribution in [0.15, 0.2) is 24.3 Å². The molecule has 1 N–H and O–H groups in total. The van der Waals surface area contributed by atoms with E-state index in [4.69, 9.17) is 0 Å². The van der Waals surface area contributed by atoms with Crippen molar-refractivity contribution in [2.24, 2.45) is 0 Å². The van der Waals surface area contributed by atoms with Crippen LogP contribution in [-0.4, -0.2) is 6.54 Å². The predicted molar refractivity (Wildman–Crippen MR) is 89.8 cm³/mol. The molecule has 0 amide bonds. The van der Waals surface area contributed by atoms with E-state index in [9.17, 15) is 0 Å². The highest BCUT2D eigenvalue weighted by atomic mass is 32.1. The summed E-state index contributed by atoms with van der Waals surface area (Å²) in [4.78, 5) is 2.85. The molecule has 0 saturated carbocycles. The van der Waals surface area contributed by atoms with Crippen molar-refractivity contribution in [2.75, 3.05) is 6.54 Å². The highest BCUT2D eigenvalue weighted by Gasteiger charge is 2.16. The Labute approximate surface area is 127 Å². The van der Waals surface area contributed by atoms with Crippen LogP contribution >= 0.6 is 11.3 Å². The van der Waals surface area contributed by atoms with Gasteiger partial charge in [0.15, 0.2) is 0 Å². The van der Waals surface area contributed by atoms with Crippen LogP contribution in [0.4, 0.5) is 0 Å². The number of rotatable bonds is 5. The average Bonchev–Trinajstić information content (AvgIpc) is 2.72. The highest BCUT2D eigenvalue weighted by molar-refractivity contribution is 7.12. The molecule has 2 aromatic rings. The number of thiophene rings is 1. The lowest BCUT2D eigenvalue weighted by atomic mass is 9.95. The minimum atomic E-state index is 0.422. The minimum absolute atomic E-state index is 0.422. The van der Waals surface area contributed by atoms with Crippen molar-refractivity contribution < 1.29 is 0 Å². The van der Waals surface area contributed by atoms with Crippen LogP contribution in [-0.2, 0) is 6.42 Å². The number of nitrogens with one attached hydrogen (secondary N) is 1. The first kappa shape index (κ1) is 15.3. The molecule has 2 rings (SSSR count). The molecule has 1 heterocycles. The number of hydrogen-bond acceptors (Lipinski definition) is 2. The number of benzene rings is 1. The van der Waals surface area contributed by atoms with Gasteiger partial charge in [0.25, 0.3) is 0 Å². The summed E-state index contributed by atoms with van der Waals surface area (Å²) in [6.45, 7) is 12.0. The monoisotopic (exact) mass is 287 g/mol. The summed E-state index contributed by atoms with van der Waals surface area (Å²) in [5, 5.41) is 3.65. The fourth-order valence-corrected chi connectivity index (χ4v) is 3.76. The predicted octanol–water partition coefficient (Wildman–Crippen LogP) is 4.88. The molecule has 0 aliphatic heterocycles. The molecule has 0 bridgehead atoms. The van der Waals surface area contributed by atoms with Crippen LogP contribution in [0.1, 0.15) is 45.0 Å². The lowest BCUT2D eigenvalue weighted by Crippen LogP contribution is -2.23. The van der Waals surface area contributed by atoms with Gasteiger partial charge in [0, 0.05) is 15.8 Å². The largest absolute Gasteiger partial charge is 0.310 e. The van der Waals surface area contributed by atoms with E-state index in [2.05, 4.69) is 64.2 Å². The van der Waals surface area contributed by atoms with E-state index >= 15 is 0 Å². The van der Waals surface area contributed by atoms with Gasteiger partial charge in [0.05, 0.1) is 0 Å². The molecular formula is C18H25NS. The van der Waals surface area contributed by atoms with Gasteiger partial charge in [0.2, 0.25) is 0 Å². The standard InChI is InChI=1S/C18H25NS/c1-6-19-18(17-10-14(4)20-15(17)5)11-16-9-12(2)7-8-13(16)3/h7-10,18-19H,6,11H2,1-5H3. The van der Waals surface area contributed by atoms with Crippen LogP contribution in [0.25, 0.3) is 0 Å². The van der Waals surface area contributed by atoms with Crippen molar-refractivity contribution in [1.29, 1.82) is 0 Å². The van der Waals surface area contributed by atoms with Gasteiger partial charge in [-0.2, -0.15) is 0 Å². The van der Waals surface area contributed by atoms with Crippen molar-refractivity contribution >= 4 is 11.3 Å². The third-order valence-corrected chi connectivity index (χ3v) is 4.82. The second kappa shape index (κ2) is 6.55. The summed E-state index contributed by atoms with van der Waals surface area (Å²) < 4.78 is 0. The fraction of sp³-hybridized carbons (Fsp3) is 0.444. The van der Waals surface area contributed by atoms with Crippen molar-refractivity contribution in [3.05, 3.63) is 56.3 Å². The molecule has 1 aromatic heterocycles. The van der Waals surface area contributed by atoms with Crippen LogP contribution in [0.3, 0.4) is 0 Å². The molecule has 2 heteroatoms. The first-order chi connectivity index (χ1) is 9.51. The number of hydrogen-bond donors (Lipinski definition) is 1. The van der Waals surface area contributed by atoms with Gasteiger partial charge >= 0.3 is 0 Å². The Morgan fingerprint density at radius 2 is 1.85 bits per heavy atom. The SMILES string of the molecule is CCNC(Cc1cc(C)ccc1C)c1cc(C)sc1C. The van der Waals surface area contributed by atoms with E-state index in [0.29, 0.717) is 6.04 Å². The number of aryl methyl sites for hydroxylation is 4. The Hall–Kier alpha value is -1.12. The molecule has 1 unspecified atom stereocenters. The molecule has 1 nitrogen and oxygen atoms in total. The Morgan fingerprint density at radius 1 is 1.10 bits per heavy atom. The second-order valence-electron chi connectivity index (χ2n) is 5.61. The maximum atomic E-state index is 3.65. The van der Waals surface area contributed by atoms with Crippen molar-refractivity contribution in [3.63, 3.8) is 0 Å². The Balaban J connectivity index is 2.30. The summed E-state index contributed by atoms with van der Waals surface area (Å²) in [6, 6.07) is 9.53. The third kappa shape index (κ3) is 3.50. The van der Waals surface area contributed by atoms with Gasteiger partial charge in [-0.1, -0.05) is 30.7 Å². The van der Waals surface area contributed by atoms with E-state index in [0.717, 1.165) is 13.0 Å². The van der Waals surface area contributed by atoms with Crippen LogP contribution < -0.4 is 5.32 Å². The first-order valence-electron chi connectivity index (χ1n) is 7.37. The Morgan fingerprint density at radius 3 is 2.45 bits per heavy atom. The van der Waals surface area contributed by atoms with Gasteiger partial charge in [0.1, 0.15) is 0 Å². The lowest BCUT2D eigenvalue weighted by Gasteiger charge is -2.20. The molecule has 0 saturated heterocycles. The zero-order valence-electron chi connectivity index (χ0n) is 13.2. The van der Waals surface area contributed by atoms with E-state index in [1.54, 1.807) is 0 Å². The van der Waals surface area contributed by atoms with Crippen molar-refractivity contribution in [3.8, 4) is 0 Å². The topological polar surface area (TPSA) is 12.0 Å². The normalized spacial score (nSPS) is 12.7. The van der Waals surface area contributed by atoms with Gasteiger partial charge < -0.3 is 5.32 Å². The van der Waals surface area contributed by atoms with E-state index < -0.39 is 0 Å². The van der Waals surface area contributed by atoms with Gasteiger partial charge in [-0.05, 0) is 63.4 Å². The molecule has 0 spiro atoms. The summed E-state index contributed by atoms with van der Waals surface area (Å²) >= 11 is 1.90. The maximum absolute atomic E-state index is 3.65. The Bertz CT molecular complexity index is 583. The van der Waals surface area contributed by atoms with Crippen molar-refractivity contribution in [1.82, 2.24) is 5.32 Å². The summed E-state index contributed by atoms with van der Waals surface area (Å²) in [5.74, 6) is 0. The number of likely N-dealkylation sites (N-methyl/N-ethyl adjacent to an activating group) is 1. The van der Waals surface area contributed by atoms with Gasteiger partial charge in [-0.15, -0.1) is 11.3 Å². The average molecular weight is 287 g/mol. The van der Waals surface area contributed by atoms with Crippen molar-refractivity contribution in [2.45, 2.75) is 47.1 Å². The first-order valence-corrected chi connectivity index (χ1v) is 8.19. The van der Waals surface area contributed by atoms with Crippen LogP contribution in [0.2, 0.25) is 0 Å². The van der Waals surface area contributed by atoms with Crippen LogP contribution in [0.5, 0.6) is 0 Å². The van der Waals surface area contributed by atoms with Gasteiger partial charge in [-0.3, -0.25) is 0 Å². The quantitative estimate of drug-likeness (QED) is 0.827. The summed E-state index contributed by atoms with van der Waals surface area (Å²) in [7, 11) is 0. The minimum Gasteiger partial charge on any atom is -0.310 e. The molecule has 20 heavy (non-hydrogen) atoms. The molecule has 108 valence electrons.